The first-order valence-electron chi connectivity index (χ1n) is 5.33. The molecule has 0 bridgehead atoms. The Morgan fingerprint density at radius 2 is 1.81 bits per heavy atom. The molecular weight excluding hydrogens is 208 g/mol. The van der Waals surface area contributed by atoms with Crippen molar-refractivity contribution in [1.82, 2.24) is 0 Å². The zero-order valence-electron chi connectivity index (χ0n) is 10.3. The number of carbonyl (C=O) groups is 2. The molecule has 92 valence electrons. The molecule has 1 atom stereocenters. The predicted octanol–water partition coefficient (Wildman–Crippen LogP) is 2.54. The molecule has 0 rings (SSSR count). The van der Waals surface area contributed by atoms with Gasteiger partial charge >= 0.3 is 11.9 Å². The molecule has 0 aliphatic carbocycles. The van der Waals surface area contributed by atoms with E-state index in [1.165, 1.54) is 0 Å². The van der Waals surface area contributed by atoms with Gasteiger partial charge in [0.05, 0.1) is 12.3 Å². The normalized spacial score (nSPS) is 14.6. The van der Waals surface area contributed by atoms with Crippen LogP contribution < -0.4 is 0 Å². The second-order valence-corrected chi connectivity index (χ2v) is 4.72. The van der Waals surface area contributed by atoms with E-state index in [-0.39, 0.29) is 11.8 Å². The van der Waals surface area contributed by atoms with Crippen molar-refractivity contribution in [3.05, 3.63) is 11.6 Å². The molecule has 0 amide bonds. The number of hydrogen-bond donors (Lipinski definition) is 2. The van der Waals surface area contributed by atoms with Crippen LogP contribution in [0.25, 0.3) is 0 Å². The quantitative estimate of drug-likeness (QED) is 0.685. The third kappa shape index (κ3) is 4.96. The first kappa shape index (κ1) is 14.7. The first-order chi connectivity index (χ1) is 7.19. The highest BCUT2D eigenvalue weighted by atomic mass is 16.4. The van der Waals surface area contributed by atoms with E-state index in [0.717, 1.165) is 6.42 Å². The molecule has 1 unspecified atom stereocenters. The van der Waals surface area contributed by atoms with Gasteiger partial charge in [0, 0.05) is 0 Å². The lowest BCUT2D eigenvalue weighted by Gasteiger charge is -2.21. The van der Waals surface area contributed by atoms with Crippen LogP contribution in [0.3, 0.4) is 0 Å². The highest BCUT2D eigenvalue weighted by Crippen LogP contribution is 2.27. The maximum Gasteiger partial charge on any atom is 0.311 e. The first-order valence-corrected chi connectivity index (χ1v) is 5.33. The van der Waals surface area contributed by atoms with Gasteiger partial charge in [0.25, 0.3) is 0 Å². The molecule has 0 saturated heterocycles. The van der Waals surface area contributed by atoms with Gasteiger partial charge in [0.1, 0.15) is 0 Å². The Balaban J connectivity index is 4.94. The van der Waals surface area contributed by atoms with Gasteiger partial charge in [-0.3, -0.25) is 9.59 Å². The highest BCUT2D eigenvalue weighted by molar-refractivity contribution is 5.80. The van der Waals surface area contributed by atoms with Gasteiger partial charge < -0.3 is 10.2 Å². The van der Waals surface area contributed by atoms with E-state index in [1.807, 2.05) is 26.8 Å². The largest absolute Gasteiger partial charge is 0.481 e. The molecule has 0 radical (unpaired) electrons. The number of carboxylic acids is 2. The van der Waals surface area contributed by atoms with Crippen LogP contribution in [-0.2, 0) is 9.59 Å². The highest BCUT2D eigenvalue weighted by Gasteiger charge is 2.24. The Hall–Kier alpha value is -1.32. The van der Waals surface area contributed by atoms with Crippen molar-refractivity contribution in [3.8, 4) is 0 Å². The fourth-order valence-electron chi connectivity index (χ4n) is 1.44. The Morgan fingerprint density at radius 1 is 1.31 bits per heavy atom. The van der Waals surface area contributed by atoms with Gasteiger partial charge in [0.15, 0.2) is 0 Å². The van der Waals surface area contributed by atoms with E-state index in [2.05, 4.69) is 0 Å². The lowest BCUT2D eigenvalue weighted by atomic mass is 9.84. The molecule has 16 heavy (non-hydrogen) atoms. The molecule has 0 aliphatic heterocycles. The van der Waals surface area contributed by atoms with Crippen LogP contribution in [0.2, 0.25) is 0 Å². The number of hydrogen-bond acceptors (Lipinski definition) is 2. The SMILES string of the molecule is CCC(C)(C)/C=C(\C)C(CC(=O)O)C(=O)O. The smallest absolute Gasteiger partial charge is 0.311 e. The monoisotopic (exact) mass is 228 g/mol. The minimum absolute atomic E-state index is 0.101. The zero-order valence-corrected chi connectivity index (χ0v) is 10.3. The van der Waals surface area contributed by atoms with Gasteiger partial charge in [-0.1, -0.05) is 32.4 Å². The summed E-state index contributed by atoms with van der Waals surface area (Å²) in [7, 11) is 0. The molecule has 0 aromatic carbocycles. The van der Waals surface area contributed by atoms with E-state index in [1.54, 1.807) is 6.92 Å². The van der Waals surface area contributed by atoms with Gasteiger partial charge in [0.2, 0.25) is 0 Å². The summed E-state index contributed by atoms with van der Waals surface area (Å²) in [6.07, 6.45) is 2.37. The van der Waals surface area contributed by atoms with E-state index in [4.69, 9.17) is 10.2 Å². The molecule has 0 saturated carbocycles. The predicted molar refractivity (Wildman–Crippen MR) is 61.2 cm³/mol. The molecular formula is C12H20O4. The Bertz CT molecular complexity index is 302. The molecule has 0 heterocycles. The van der Waals surface area contributed by atoms with Crippen LogP contribution in [0.5, 0.6) is 0 Å². The second kappa shape index (κ2) is 5.68. The standard InChI is InChI=1S/C12H20O4/c1-5-12(3,4)7-8(2)9(11(15)16)6-10(13)14/h7,9H,5-6H2,1-4H3,(H,13,14)(H,15,16)/b8-7+. The Morgan fingerprint density at radius 3 is 2.12 bits per heavy atom. The minimum atomic E-state index is -1.09. The third-order valence-electron chi connectivity index (χ3n) is 2.76. The van der Waals surface area contributed by atoms with Gasteiger partial charge in [-0.25, -0.2) is 0 Å². The minimum Gasteiger partial charge on any atom is -0.481 e. The number of allylic oxidation sites excluding steroid dienone is 1. The van der Waals surface area contributed by atoms with E-state index >= 15 is 0 Å². The van der Waals surface area contributed by atoms with Crippen LogP contribution in [0, 0.1) is 11.3 Å². The Kier molecular flexibility index (Phi) is 5.21. The fraction of sp³-hybridized carbons (Fsp3) is 0.667. The molecule has 0 aromatic heterocycles. The third-order valence-corrected chi connectivity index (χ3v) is 2.76. The summed E-state index contributed by atoms with van der Waals surface area (Å²) < 4.78 is 0. The van der Waals surface area contributed by atoms with Crippen LogP contribution in [0.15, 0.2) is 11.6 Å². The van der Waals surface area contributed by atoms with Crippen molar-refractivity contribution in [2.75, 3.05) is 0 Å². The fourth-order valence-corrected chi connectivity index (χ4v) is 1.44. The molecule has 0 aromatic rings. The maximum absolute atomic E-state index is 10.9. The topological polar surface area (TPSA) is 74.6 Å². The van der Waals surface area contributed by atoms with Crippen LogP contribution in [0.4, 0.5) is 0 Å². The van der Waals surface area contributed by atoms with Crippen molar-refractivity contribution in [3.63, 3.8) is 0 Å². The van der Waals surface area contributed by atoms with Crippen molar-refractivity contribution < 1.29 is 19.8 Å². The van der Waals surface area contributed by atoms with Crippen LogP contribution in [-0.4, -0.2) is 22.2 Å². The number of carboxylic acid groups (broad SMARTS) is 2. The van der Waals surface area contributed by atoms with E-state index in [9.17, 15) is 9.59 Å². The number of rotatable bonds is 6. The van der Waals surface area contributed by atoms with Gasteiger partial charge in [-0.2, -0.15) is 0 Å². The van der Waals surface area contributed by atoms with Crippen molar-refractivity contribution in [1.29, 1.82) is 0 Å². The summed E-state index contributed by atoms with van der Waals surface area (Å²) in [5, 5.41) is 17.6. The molecule has 0 spiro atoms. The molecule has 4 heteroatoms. The molecule has 2 N–H and O–H groups in total. The van der Waals surface area contributed by atoms with E-state index in [0.29, 0.717) is 5.57 Å². The van der Waals surface area contributed by atoms with Crippen molar-refractivity contribution in [2.45, 2.75) is 40.5 Å². The summed E-state index contributed by atoms with van der Waals surface area (Å²) >= 11 is 0. The summed E-state index contributed by atoms with van der Waals surface area (Å²) in [5.41, 5.74) is 0.512. The van der Waals surface area contributed by atoms with Gasteiger partial charge in [-0.05, 0) is 18.8 Å². The number of aliphatic carboxylic acids is 2. The van der Waals surface area contributed by atoms with Crippen molar-refractivity contribution >= 4 is 11.9 Å². The lowest BCUT2D eigenvalue weighted by Crippen LogP contribution is -2.20. The maximum atomic E-state index is 10.9. The molecule has 0 fully saturated rings. The van der Waals surface area contributed by atoms with Crippen LogP contribution >= 0.6 is 0 Å². The lowest BCUT2D eigenvalue weighted by molar-refractivity contribution is -0.146. The second-order valence-electron chi connectivity index (χ2n) is 4.72. The van der Waals surface area contributed by atoms with E-state index < -0.39 is 17.9 Å². The summed E-state index contributed by atoms with van der Waals surface area (Å²) in [4.78, 5) is 21.5. The molecule has 4 nitrogen and oxygen atoms in total. The summed E-state index contributed by atoms with van der Waals surface area (Å²) in [6, 6.07) is 0. The summed E-state index contributed by atoms with van der Waals surface area (Å²) in [6.45, 7) is 7.68. The van der Waals surface area contributed by atoms with Crippen LogP contribution in [0.1, 0.15) is 40.5 Å². The van der Waals surface area contributed by atoms with Gasteiger partial charge in [-0.15, -0.1) is 0 Å². The average molecular weight is 228 g/mol. The average Bonchev–Trinajstić information content (AvgIpc) is 2.12. The van der Waals surface area contributed by atoms with Crippen molar-refractivity contribution in [2.24, 2.45) is 11.3 Å². The molecule has 0 aliphatic rings. The zero-order chi connectivity index (χ0) is 12.9. The Labute approximate surface area is 96.0 Å². The summed E-state index contributed by atoms with van der Waals surface area (Å²) in [5.74, 6) is -3.10.